The monoisotopic (exact) mass is 240 g/mol. The third kappa shape index (κ3) is 2.74. The lowest BCUT2D eigenvalue weighted by Gasteiger charge is -2.31. The summed E-state index contributed by atoms with van der Waals surface area (Å²) < 4.78 is 18.5. The first kappa shape index (κ1) is 12.3. The summed E-state index contributed by atoms with van der Waals surface area (Å²) in [6.45, 7) is 2.64. The van der Waals surface area contributed by atoms with Crippen molar-refractivity contribution in [2.45, 2.75) is 6.04 Å². The molecule has 94 valence electrons. The van der Waals surface area contributed by atoms with Crippen molar-refractivity contribution >= 4 is 5.69 Å². The molecule has 1 aliphatic heterocycles. The Morgan fingerprint density at radius 1 is 1.41 bits per heavy atom. The van der Waals surface area contributed by atoms with Crippen LogP contribution < -0.4 is 10.6 Å². The lowest BCUT2D eigenvalue weighted by Crippen LogP contribution is -2.37. The van der Waals surface area contributed by atoms with Crippen LogP contribution >= 0.6 is 0 Å². The van der Waals surface area contributed by atoms with Crippen LogP contribution in [0.3, 0.4) is 0 Å². The van der Waals surface area contributed by atoms with Crippen molar-refractivity contribution in [3.63, 3.8) is 0 Å². The number of nitrogens with zero attached hydrogens (tertiary/aromatic N) is 1. The zero-order valence-corrected chi connectivity index (χ0v) is 9.60. The minimum absolute atomic E-state index is 0.194. The van der Waals surface area contributed by atoms with Gasteiger partial charge in [0.05, 0.1) is 25.9 Å². The van der Waals surface area contributed by atoms with Crippen LogP contribution in [0.15, 0.2) is 18.2 Å². The van der Waals surface area contributed by atoms with Crippen LogP contribution in [-0.4, -0.2) is 38.0 Å². The van der Waals surface area contributed by atoms with Crippen molar-refractivity contribution in [1.29, 1.82) is 0 Å². The van der Waals surface area contributed by atoms with Gasteiger partial charge >= 0.3 is 0 Å². The summed E-state index contributed by atoms with van der Waals surface area (Å²) in [6.07, 6.45) is 0. The number of morpholine rings is 1. The van der Waals surface area contributed by atoms with Gasteiger partial charge in [-0.25, -0.2) is 4.39 Å². The van der Waals surface area contributed by atoms with E-state index in [1.54, 1.807) is 6.07 Å². The lowest BCUT2D eigenvalue weighted by molar-refractivity contribution is 0.122. The molecule has 3 N–H and O–H groups in total. The molecule has 5 heteroatoms. The highest BCUT2D eigenvalue weighted by molar-refractivity contribution is 5.55. The van der Waals surface area contributed by atoms with Crippen molar-refractivity contribution in [3.8, 4) is 0 Å². The molecule has 0 amide bonds. The molecule has 2 rings (SSSR count). The summed E-state index contributed by atoms with van der Waals surface area (Å²) in [5.41, 5.74) is 7.33. The molecule has 1 saturated heterocycles. The molecule has 0 bridgehead atoms. The summed E-state index contributed by atoms with van der Waals surface area (Å²) in [5.74, 6) is -0.332. The van der Waals surface area contributed by atoms with E-state index in [0.717, 1.165) is 18.8 Å². The molecule has 0 radical (unpaired) electrons. The Morgan fingerprint density at radius 3 is 2.76 bits per heavy atom. The maximum absolute atomic E-state index is 13.2. The zero-order chi connectivity index (χ0) is 12.3. The van der Waals surface area contributed by atoms with Gasteiger partial charge in [0.25, 0.3) is 0 Å². The molecule has 1 atom stereocenters. The minimum atomic E-state index is -0.552. The van der Waals surface area contributed by atoms with Gasteiger partial charge in [0, 0.05) is 18.8 Å². The zero-order valence-electron chi connectivity index (χ0n) is 9.60. The molecule has 1 aromatic rings. The Morgan fingerprint density at radius 2 is 2.12 bits per heavy atom. The quantitative estimate of drug-likeness (QED) is 0.814. The number of aliphatic hydroxyl groups is 1. The van der Waals surface area contributed by atoms with Crippen molar-refractivity contribution in [3.05, 3.63) is 29.6 Å². The lowest BCUT2D eigenvalue weighted by atomic mass is 10.0. The van der Waals surface area contributed by atoms with E-state index in [0.29, 0.717) is 18.8 Å². The van der Waals surface area contributed by atoms with Crippen molar-refractivity contribution in [2.24, 2.45) is 5.73 Å². The molecule has 17 heavy (non-hydrogen) atoms. The molecule has 0 aromatic heterocycles. The van der Waals surface area contributed by atoms with Gasteiger partial charge in [0.1, 0.15) is 5.82 Å². The van der Waals surface area contributed by atoms with Gasteiger partial charge < -0.3 is 20.5 Å². The first-order valence-corrected chi connectivity index (χ1v) is 5.71. The fourth-order valence-electron chi connectivity index (χ4n) is 2.01. The third-order valence-electron chi connectivity index (χ3n) is 2.94. The van der Waals surface area contributed by atoms with Crippen LogP contribution in [0.2, 0.25) is 0 Å². The summed E-state index contributed by atoms with van der Waals surface area (Å²) in [7, 11) is 0. The summed E-state index contributed by atoms with van der Waals surface area (Å²) in [5, 5.41) is 9.11. The van der Waals surface area contributed by atoms with Gasteiger partial charge in [0.2, 0.25) is 0 Å². The molecular weight excluding hydrogens is 223 g/mol. The molecule has 0 aliphatic carbocycles. The van der Waals surface area contributed by atoms with Crippen LogP contribution in [0.5, 0.6) is 0 Å². The summed E-state index contributed by atoms with van der Waals surface area (Å²) >= 11 is 0. The summed E-state index contributed by atoms with van der Waals surface area (Å²) in [6, 6.07) is 3.97. The molecule has 1 aromatic carbocycles. The highest BCUT2D eigenvalue weighted by Crippen LogP contribution is 2.26. The van der Waals surface area contributed by atoms with E-state index in [2.05, 4.69) is 4.90 Å². The average molecular weight is 240 g/mol. The van der Waals surface area contributed by atoms with Crippen molar-refractivity contribution < 1.29 is 14.2 Å². The van der Waals surface area contributed by atoms with E-state index in [1.807, 2.05) is 0 Å². The van der Waals surface area contributed by atoms with E-state index >= 15 is 0 Å². The fourth-order valence-corrected chi connectivity index (χ4v) is 2.01. The SMILES string of the molecule is N[C@H](CO)c1cc(F)ccc1N1CCOCC1. The van der Waals surface area contributed by atoms with Gasteiger partial charge in [0.15, 0.2) is 0 Å². The van der Waals surface area contributed by atoms with E-state index in [1.165, 1.54) is 12.1 Å². The molecule has 1 fully saturated rings. The molecule has 1 heterocycles. The number of ether oxygens (including phenoxy) is 1. The number of hydrogen-bond donors (Lipinski definition) is 2. The number of aliphatic hydroxyl groups excluding tert-OH is 1. The molecule has 0 spiro atoms. The second kappa shape index (κ2) is 5.44. The Bertz CT molecular complexity index is 381. The molecular formula is C12H17FN2O2. The number of nitrogens with two attached hydrogens (primary N) is 1. The van der Waals surface area contributed by atoms with Crippen LogP contribution in [0.1, 0.15) is 11.6 Å². The molecule has 4 nitrogen and oxygen atoms in total. The van der Waals surface area contributed by atoms with Gasteiger partial charge in [-0.15, -0.1) is 0 Å². The van der Waals surface area contributed by atoms with Crippen LogP contribution in [-0.2, 0) is 4.74 Å². The standard InChI is InChI=1S/C12H17FN2O2/c13-9-1-2-12(10(7-9)11(14)8-16)15-3-5-17-6-4-15/h1-2,7,11,16H,3-6,8,14H2/t11-/m1/s1. The number of benzene rings is 1. The van der Waals surface area contributed by atoms with Gasteiger partial charge in [-0.3, -0.25) is 0 Å². The predicted octanol–water partition coefficient (Wildman–Crippen LogP) is 0.654. The summed E-state index contributed by atoms with van der Waals surface area (Å²) in [4.78, 5) is 2.10. The fraction of sp³-hybridized carbons (Fsp3) is 0.500. The molecule has 0 unspecified atom stereocenters. The smallest absolute Gasteiger partial charge is 0.123 e. The largest absolute Gasteiger partial charge is 0.394 e. The normalized spacial score (nSPS) is 18.2. The third-order valence-corrected chi connectivity index (χ3v) is 2.94. The van der Waals surface area contributed by atoms with Gasteiger partial charge in [-0.2, -0.15) is 0 Å². The van der Waals surface area contributed by atoms with E-state index < -0.39 is 6.04 Å². The Labute approximate surface area is 99.8 Å². The van der Waals surface area contributed by atoms with Crippen LogP contribution in [0.4, 0.5) is 10.1 Å². The van der Waals surface area contributed by atoms with Gasteiger partial charge in [-0.05, 0) is 23.8 Å². The van der Waals surface area contributed by atoms with Crippen LogP contribution in [0, 0.1) is 5.82 Å². The Balaban J connectivity index is 2.30. The number of rotatable bonds is 3. The highest BCUT2D eigenvalue weighted by Gasteiger charge is 2.18. The highest BCUT2D eigenvalue weighted by atomic mass is 19.1. The Kier molecular flexibility index (Phi) is 3.93. The first-order valence-electron chi connectivity index (χ1n) is 5.71. The predicted molar refractivity (Wildman–Crippen MR) is 63.4 cm³/mol. The van der Waals surface area contributed by atoms with Crippen molar-refractivity contribution in [2.75, 3.05) is 37.8 Å². The maximum atomic E-state index is 13.2. The van der Waals surface area contributed by atoms with Crippen molar-refractivity contribution in [1.82, 2.24) is 0 Å². The minimum Gasteiger partial charge on any atom is -0.394 e. The number of hydrogen-bond acceptors (Lipinski definition) is 4. The first-order chi connectivity index (χ1) is 8.22. The van der Waals surface area contributed by atoms with E-state index in [-0.39, 0.29) is 12.4 Å². The van der Waals surface area contributed by atoms with Gasteiger partial charge in [-0.1, -0.05) is 0 Å². The maximum Gasteiger partial charge on any atom is 0.123 e. The van der Waals surface area contributed by atoms with E-state index in [9.17, 15) is 4.39 Å². The number of anilines is 1. The molecule has 0 saturated carbocycles. The average Bonchev–Trinajstić information content (AvgIpc) is 2.38. The topological polar surface area (TPSA) is 58.7 Å². The van der Waals surface area contributed by atoms with Crippen LogP contribution in [0.25, 0.3) is 0 Å². The molecule has 1 aliphatic rings. The Hall–Kier alpha value is -1.17. The number of halogens is 1. The second-order valence-corrected chi connectivity index (χ2v) is 4.09. The second-order valence-electron chi connectivity index (χ2n) is 4.09. The van der Waals surface area contributed by atoms with E-state index in [4.69, 9.17) is 15.6 Å².